The van der Waals surface area contributed by atoms with Gasteiger partial charge in [-0.05, 0) is 18.2 Å². The first-order valence-electron chi connectivity index (χ1n) is 7.95. The molecule has 1 aliphatic heterocycles. The van der Waals surface area contributed by atoms with Gasteiger partial charge in [0.05, 0.1) is 17.5 Å². The van der Waals surface area contributed by atoms with Gasteiger partial charge in [-0.3, -0.25) is 4.79 Å². The molecule has 0 saturated carbocycles. The molecule has 0 aliphatic carbocycles. The second kappa shape index (κ2) is 6.75. The Balaban J connectivity index is 1.72. The average molecular weight is 327 g/mol. The summed E-state index contributed by atoms with van der Waals surface area (Å²) in [5.74, 6) is 0.138. The van der Waals surface area contributed by atoms with Crippen LogP contribution in [0.5, 0.6) is 0 Å². The summed E-state index contributed by atoms with van der Waals surface area (Å²) in [4.78, 5) is 16.3. The number of amides is 1. The van der Waals surface area contributed by atoms with Gasteiger partial charge in [-0.2, -0.15) is 5.26 Å². The first kappa shape index (κ1) is 16.1. The maximum atomic E-state index is 13.8. The molecule has 6 heteroatoms. The number of nitrogens with zero attached hydrogens (tertiary/aromatic N) is 3. The summed E-state index contributed by atoms with van der Waals surface area (Å²) in [6.07, 6.45) is 2.21. The second-order valence-electron chi connectivity index (χ2n) is 5.64. The van der Waals surface area contributed by atoms with E-state index < -0.39 is 5.82 Å². The quantitative estimate of drug-likeness (QED) is 0.870. The van der Waals surface area contributed by atoms with Crippen LogP contribution in [0.15, 0.2) is 34.9 Å². The number of carbonyl (C=O) groups excluding carboxylic acids is 1. The van der Waals surface area contributed by atoms with Crippen LogP contribution in [0.4, 0.5) is 10.1 Å². The van der Waals surface area contributed by atoms with E-state index in [1.54, 1.807) is 23.1 Å². The molecule has 0 spiro atoms. The molecule has 0 bridgehead atoms. The number of piperazine rings is 1. The zero-order valence-electron chi connectivity index (χ0n) is 13.5. The van der Waals surface area contributed by atoms with Gasteiger partial charge in [0.15, 0.2) is 0 Å². The lowest BCUT2D eigenvalue weighted by Gasteiger charge is -2.36. The largest absolute Gasteiger partial charge is 0.469 e. The highest BCUT2D eigenvalue weighted by Crippen LogP contribution is 2.24. The van der Waals surface area contributed by atoms with Gasteiger partial charge in [-0.25, -0.2) is 4.39 Å². The first-order chi connectivity index (χ1) is 11.7. The summed E-state index contributed by atoms with van der Waals surface area (Å²) in [6, 6.07) is 8.25. The van der Waals surface area contributed by atoms with Crippen molar-refractivity contribution in [3.05, 3.63) is 53.2 Å². The van der Waals surface area contributed by atoms with Crippen LogP contribution in [0.25, 0.3) is 0 Å². The maximum Gasteiger partial charge on any atom is 0.257 e. The Bertz CT molecular complexity index is 786. The highest BCUT2D eigenvalue weighted by Gasteiger charge is 2.26. The van der Waals surface area contributed by atoms with Crippen LogP contribution in [0, 0.1) is 17.1 Å². The second-order valence-corrected chi connectivity index (χ2v) is 5.64. The smallest absolute Gasteiger partial charge is 0.257 e. The van der Waals surface area contributed by atoms with Crippen molar-refractivity contribution in [3.8, 4) is 6.07 Å². The van der Waals surface area contributed by atoms with Crippen LogP contribution >= 0.6 is 0 Å². The lowest BCUT2D eigenvalue weighted by atomic mass is 10.1. The number of anilines is 1. The van der Waals surface area contributed by atoms with E-state index in [0.29, 0.717) is 49.6 Å². The molecule has 1 amide bonds. The SMILES string of the molecule is CCc1occc1C(=O)N1CCN(c2cccc(F)c2C#N)CC1. The normalized spacial score (nSPS) is 14.5. The Kier molecular flexibility index (Phi) is 4.52. The molecule has 3 rings (SSSR count). The molecule has 0 atom stereocenters. The van der Waals surface area contributed by atoms with Gasteiger partial charge < -0.3 is 14.2 Å². The molecular weight excluding hydrogens is 309 g/mol. The predicted octanol–water partition coefficient (Wildman–Crippen LogP) is 2.82. The van der Waals surface area contributed by atoms with Crippen molar-refractivity contribution in [3.63, 3.8) is 0 Å². The minimum Gasteiger partial charge on any atom is -0.469 e. The Labute approximate surface area is 139 Å². The van der Waals surface area contributed by atoms with Crippen molar-refractivity contribution in [1.29, 1.82) is 5.26 Å². The van der Waals surface area contributed by atoms with Gasteiger partial charge >= 0.3 is 0 Å². The van der Waals surface area contributed by atoms with Crippen LogP contribution in [0.3, 0.4) is 0 Å². The van der Waals surface area contributed by atoms with Crippen LogP contribution < -0.4 is 4.90 Å². The van der Waals surface area contributed by atoms with Crippen molar-refractivity contribution in [2.45, 2.75) is 13.3 Å². The standard InChI is InChI=1S/C18H18FN3O2/c1-2-17-13(6-11-24-17)18(23)22-9-7-21(8-10-22)16-5-3-4-15(19)14(16)12-20/h3-6,11H,2,7-10H2,1H3. The number of hydrogen-bond donors (Lipinski definition) is 0. The van der Waals surface area contributed by atoms with Crippen molar-refractivity contribution in [1.82, 2.24) is 4.90 Å². The molecule has 0 N–H and O–H groups in total. The Morgan fingerprint density at radius 1 is 1.29 bits per heavy atom. The third-order valence-corrected chi connectivity index (χ3v) is 4.31. The number of hydrogen-bond acceptors (Lipinski definition) is 4. The fraction of sp³-hybridized carbons (Fsp3) is 0.333. The van der Waals surface area contributed by atoms with Gasteiger partial charge in [0.2, 0.25) is 0 Å². The number of halogens is 1. The Morgan fingerprint density at radius 2 is 2.04 bits per heavy atom. The van der Waals surface area contributed by atoms with Crippen molar-refractivity contribution in [2.24, 2.45) is 0 Å². The summed E-state index contributed by atoms with van der Waals surface area (Å²) in [5, 5.41) is 9.16. The molecule has 2 heterocycles. The van der Waals surface area contributed by atoms with Crippen molar-refractivity contribution >= 4 is 11.6 Å². The summed E-state index contributed by atoms with van der Waals surface area (Å²) < 4.78 is 19.1. The van der Waals surface area contributed by atoms with Crippen molar-refractivity contribution in [2.75, 3.05) is 31.1 Å². The molecule has 0 unspecified atom stereocenters. The fourth-order valence-corrected chi connectivity index (χ4v) is 3.01. The predicted molar refractivity (Wildman–Crippen MR) is 87.3 cm³/mol. The van der Waals surface area contributed by atoms with Crippen molar-refractivity contribution < 1.29 is 13.6 Å². The number of benzene rings is 1. The van der Waals surface area contributed by atoms with E-state index >= 15 is 0 Å². The third kappa shape index (κ3) is 2.85. The molecule has 24 heavy (non-hydrogen) atoms. The van der Waals surface area contributed by atoms with Crippen LogP contribution in [0.1, 0.15) is 28.6 Å². The Morgan fingerprint density at radius 3 is 2.71 bits per heavy atom. The fourth-order valence-electron chi connectivity index (χ4n) is 3.01. The minimum atomic E-state index is -0.514. The average Bonchev–Trinajstić information content (AvgIpc) is 3.09. The van der Waals surface area contributed by atoms with E-state index in [1.165, 1.54) is 12.3 Å². The zero-order chi connectivity index (χ0) is 17.1. The molecule has 5 nitrogen and oxygen atoms in total. The van der Waals surface area contributed by atoms with E-state index in [2.05, 4.69) is 0 Å². The Hall–Kier alpha value is -2.81. The van der Waals surface area contributed by atoms with Gasteiger partial charge in [-0.1, -0.05) is 13.0 Å². The number of nitriles is 1. The van der Waals surface area contributed by atoms with E-state index in [9.17, 15) is 9.18 Å². The lowest BCUT2D eigenvalue weighted by Crippen LogP contribution is -2.49. The van der Waals surface area contributed by atoms with Crippen LogP contribution in [-0.4, -0.2) is 37.0 Å². The summed E-state index contributed by atoms with van der Waals surface area (Å²) >= 11 is 0. The van der Waals surface area contributed by atoms with Crippen LogP contribution in [0.2, 0.25) is 0 Å². The number of rotatable bonds is 3. The molecule has 2 aromatic rings. The topological polar surface area (TPSA) is 60.5 Å². The lowest BCUT2D eigenvalue weighted by molar-refractivity contribution is 0.0744. The number of aryl methyl sites for hydroxylation is 1. The maximum absolute atomic E-state index is 13.8. The first-order valence-corrected chi connectivity index (χ1v) is 7.95. The zero-order valence-corrected chi connectivity index (χ0v) is 13.5. The number of carbonyl (C=O) groups is 1. The molecular formula is C18H18FN3O2. The molecule has 1 aromatic carbocycles. The number of furan rings is 1. The summed E-state index contributed by atoms with van der Waals surface area (Å²) in [7, 11) is 0. The molecule has 1 aliphatic rings. The summed E-state index contributed by atoms with van der Waals surface area (Å²) in [5.41, 5.74) is 1.25. The third-order valence-electron chi connectivity index (χ3n) is 4.31. The van der Waals surface area contributed by atoms with Crippen LogP contribution in [-0.2, 0) is 6.42 Å². The van der Waals surface area contributed by atoms with Gasteiger partial charge in [-0.15, -0.1) is 0 Å². The highest BCUT2D eigenvalue weighted by atomic mass is 19.1. The highest BCUT2D eigenvalue weighted by molar-refractivity contribution is 5.95. The van der Waals surface area contributed by atoms with E-state index in [0.717, 1.165) is 0 Å². The molecule has 0 radical (unpaired) electrons. The van der Waals surface area contributed by atoms with Gasteiger partial charge in [0.1, 0.15) is 23.2 Å². The molecule has 1 aromatic heterocycles. The molecule has 124 valence electrons. The minimum absolute atomic E-state index is 0.0417. The summed E-state index contributed by atoms with van der Waals surface area (Å²) in [6.45, 7) is 4.11. The van der Waals surface area contributed by atoms with Gasteiger partial charge in [0.25, 0.3) is 5.91 Å². The van der Waals surface area contributed by atoms with E-state index in [1.807, 2.05) is 17.9 Å². The monoisotopic (exact) mass is 327 g/mol. The van der Waals surface area contributed by atoms with Gasteiger partial charge in [0, 0.05) is 32.6 Å². The van der Waals surface area contributed by atoms with E-state index in [4.69, 9.17) is 9.68 Å². The molecule has 1 saturated heterocycles. The molecule has 1 fully saturated rings. The van der Waals surface area contributed by atoms with E-state index in [-0.39, 0.29) is 11.5 Å².